The van der Waals surface area contributed by atoms with Crippen molar-refractivity contribution in [3.63, 3.8) is 0 Å². The Morgan fingerprint density at radius 3 is 2.09 bits per heavy atom. The molecule has 0 aliphatic carbocycles. The molecule has 0 radical (unpaired) electrons. The summed E-state index contributed by atoms with van der Waals surface area (Å²) in [6.07, 6.45) is 1.69. The standard InChI is InChI=1S/C34H33Cl3FN3O4S/c1-2-3-19-39-34(43)32(20-24-11-6-4-7-12-24)40(22-27-28(35)15-10-16-29(27)36)33(42)23-41(25-17-18-31(38)30(37)21-25)46(44,45)26-13-8-5-9-14-26/h4-18,21,32H,2-3,19-20,22-23H2,1H3,(H,39,43). The van der Waals surface area contributed by atoms with E-state index in [9.17, 15) is 22.4 Å². The van der Waals surface area contributed by atoms with E-state index in [0.29, 0.717) is 12.1 Å². The van der Waals surface area contributed by atoms with Crippen LogP contribution in [0, 0.1) is 5.82 Å². The molecular formula is C34H33Cl3FN3O4S. The molecule has 0 heterocycles. The molecule has 0 spiro atoms. The minimum absolute atomic E-state index is 0.0358. The summed E-state index contributed by atoms with van der Waals surface area (Å²) in [5, 5.41) is 3.14. The molecule has 7 nitrogen and oxygen atoms in total. The maximum atomic E-state index is 14.5. The summed E-state index contributed by atoms with van der Waals surface area (Å²) in [7, 11) is -4.37. The fraction of sp³-hybridized carbons (Fsp3) is 0.235. The third-order valence-corrected chi connectivity index (χ3v) is 10.1. The normalized spacial score (nSPS) is 11.9. The van der Waals surface area contributed by atoms with E-state index in [0.717, 1.165) is 34.8 Å². The van der Waals surface area contributed by atoms with E-state index in [1.165, 1.54) is 23.1 Å². The van der Waals surface area contributed by atoms with Crippen LogP contribution in [-0.4, -0.2) is 44.3 Å². The van der Waals surface area contributed by atoms with Gasteiger partial charge in [0.1, 0.15) is 18.4 Å². The van der Waals surface area contributed by atoms with Crippen molar-refractivity contribution < 1.29 is 22.4 Å². The van der Waals surface area contributed by atoms with Crippen LogP contribution in [0.15, 0.2) is 102 Å². The zero-order valence-electron chi connectivity index (χ0n) is 25.0. The van der Waals surface area contributed by atoms with Gasteiger partial charge >= 0.3 is 0 Å². The molecule has 0 aliphatic heterocycles. The molecule has 4 aromatic carbocycles. The number of carbonyl (C=O) groups excluding carboxylic acids is 2. The maximum absolute atomic E-state index is 14.5. The first-order valence-corrected chi connectivity index (χ1v) is 17.2. The Hall–Kier alpha value is -3.63. The average Bonchev–Trinajstić information content (AvgIpc) is 3.05. The van der Waals surface area contributed by atoms with Crippen molar-refractivity contribution in [2.24, 2.45) is 0 Å². The molecule has 1 unspecified atom stereocenters. The van der Waals surface area contributed by atoms with E-state index in [1.54, 1.807) is 36.4 Å². The lowest BCUT2D eigenvalue weighted by Crippen LogP contribution is -2.53. The van der Waals surface area contributed by atoms with E-state index in [4.69, 9.17) is 34.8 Å². The highest BCUT2D eigenvalue weighted by molar-refractivity contribution is 7.92. The second-order valence-electron chi connectivity index (χ2n) is 10.5. The van der Waals surface area contributed by atoms with E-state index < -0.39 is 40.2 Å². The van der Waals surface area contributed by atoms with Crippen molar-refractivity contribution in [1.29, 1.82) is 0 Å². The predicted molar refractivity (Wildman–Crippen MR) is 181 cm³/mol. The summed E-state index contributed by atoms with van der Waals surface area (Å²) in [6, 6.07) is 23.9. The second-order valence-corrected chi connectivity index (χ2v) is 13.6. The van der Waals surface area contributed by atoms with Gasteiger partial charge in [0.15, 0.2) is 0 Å². The number of amides is 2. The van der Waals surface area contributed by atoms with Gasteiger partial charge in [-0.1, -0.05) is 103 Å². The summed E-state index contributed by atoms with van der Waals surface area (Å²) in [5.74, 6) is -1.89. The highest BCUT2D eigenvalue weighted by atomic mass is 35.5. The Morgan fingerprint density at radius 2 is 1.48 bits per heavy atom. The van der Waals surface area contributed by atoms with Crippen LogP contribution in [0.2, 0.25) is 15.1 Å². The number of unbranched alkanes of at least 4 members (excludes halogenated alkanes) is 1. The molecule has 0 saturated carbocycles. The summed E-state index contributed by atoms with van der Waals surface area (Å²) in [4.78, 5) is 29.5. The van der Waals surface area contributed by atoms with Gasteiger partial charge in [-0.15, -0.1) is 0 Å². The van der Waals surface area contributed by atoms with Gasteiger partial charge in [-0.05, 0) is 54.4 Å². The van der Waals surface area contributed by atoms with Crippen LogP contribution >= 0.6 is 34.8 Å². The number of nitrogens with zero attached hydrogens (tertiary/aromatic N) is 2. The molecule has 0 fully saturated rings. The van der Waals surface area contributed by atoms with Gasteiger partial charge in [0, 0.05) is 35.1 Å². The first kappa shape index (κ1) is 35.2. The largest absolute Gasteiger partial charge is 0.354 e. The molecule has 12 heteroatoms. The molecule has 2 amide bonds. The van der Waals surface area contributed by atoms with Gasteiger partial charge in [0.2, 0.25) is 11.8 Å². The summed E-state index contributed by atoms with van der Waals surface area (Å²) in [5.41, 5.74) is 1.13. The van der Waals surface area contributed by atoms with Crippen LogP contribution in [0.4, 0.5) is 10.1 Å². The molecule has 1 atom stereocenters. The van der Waals surface area contributed by atoms with Gasteiger partial charge in [0.25, 0.3) is 10.0 Å². The van der Waals surface area contributed by atoms with E-state index >= 15 is 0 Å². The van der Waals surface area contributed by atoms with Crippen LogP contribution in [0.3, 0.4) is 0 Å². The van der Waals surface area contributed by atoms with Gasteiger partial charge in [0.05, 0.1) is 15.6 Å². The van der Waals surface area contributed by atoms with Crippen molar-refractivity contribution in [2.45, 2.75) is 43.7 Å². The quantitative estimate of drug-likeness (QED) is 0.138. The Balaban J connectivity index is 1.83. The monoisotopic (exact) mass is 703 g/mol. The Morgan fingerprint density at radius 1 is 0.848 bits per heavy atom. The summed E-state index contributed by atoms with van der Waals surface area (Å²) < 4.78 is 43.1. The maximum Gasteiger partial charge on any atom is 0.264 e. The van der Waals surface area contributed by atoms with Crippen LogP contribution in [0.5, 0.6) is 0 Å². The van der Waals surface area contributed by atoms with Crippen molar-refractivity contribution in [1.82, 2.24) is 10.2 Å². The minimum Gasteiger partial charge on any atom is -0.354 e. The van der Waals surface area contributed by atoms with E-state index in [2.05, 4.69) is 5.32 Å². The zero-order valence-corrected chi connectivity index (χ0v) is 28.1. The lowest BCUT2D eigenvalue weighted by molar-refractivity contribution is -0.140. The summed E-state index contributed by atoms with van der Waals surface area (Å²) >= 11 is 19.1. The molecule has 46 heavy (non-hydrogen) atoms. The smallest absolute Gasteiger partial charge is 0.264 e. The minimum atomic E-state index is -4.37. The number of hydrogen-bond acceptors (Lipinski definition) is 4. The SMILES string of the molecule is CCCCNC(=O)C(Cc1ccccc1)N(Cc1c(Cl)cccc1Cl)C(=O)CN(c1ccc(F)c(Cl)c1)S(=O)(=O)c1ccccc1. The molecule has 0 aromatic heterocycles. The zero-order chi connectivity index (χ0) is 33.3. The van der Waals surface area contributed by atoms with Crippen LogP contribution < -0.4 is 9.62 Å². The van der Waals surface area contributed by atoms with Crippen molar-refractivity contribution >= 4 is 62.3 Å². The molecule has 1 N–H and O–H groups in total. The van der Waals surface area contributed by atoms with Crippen LogP contribution in [-0.2, 0) is 32.6 Å². The van der Waals surface area contributed by atoms with Crippen molar-refractivity contribution in [3.05, 3.63) is 129 Å². The number of sulfonamides is 1. The number of hydrogen-bond donors (Lipinski definition) is 1. The van der Waals surface area contributed by atoms with E-state index in [-0.39, 0.29) is 38.6 Å². The first-order chi connectivity index (χ1) is 22.0. The fourth-order valence-electron chi connectivity index (χ4n) is 4.80. The third kappa shape index (κ3) is 8.79. The number of nitrogens with one attached hydrogen (secondary N) is 1. The molecule has 4 aromatic rings. The topological polar surface area (TPSA) is 86.8 Å². The summed E-state index contributed by atoms with van der Waals surface area (Å²) in [6.45, 7) is 1.44. The molecule has 0 aliphatic rings. The molecule has 242 valence electrons. The van der Waals surface area contributed by atoms with Crippen LogP contribution in [0.1, 0.15) is 30.9 Å². The molecule has 0 bridgehead atoms. The average molecular weight is 705 g/mol. The predicted octanol–water partition coefficient (Wildman–Crippen LogP) is 7.54. The molecular weight excluding hydrogens is 672 g/mol. The third-order valence-electron chi connectivity index (χ3n) is 7.29. The fourth-order valence-corrected chi connectivity index (χ4v) is 6.92. The van der Waals surface area contributed by atoms with Gasteiger partial charge in [-0.25, -0.2) is 12.8 Å². The number of carbonyl (C=O) groups is 2. The highest BCUT2D eigenvalue weighted by Gasteiger charge is 2.35. The lowest BCUT2D eigenvalue weighted by Gasteiger charge is -2.34. The van der Waals surface area contributed by atoms with Crippen LogP contribution in [0.25, 0.3) is 0 Å². The Bertz CT molecular complexity index is 1740. The molecule has 4 rings (SSSR count). The van der Waals surface area contributed by atoms with Crippen molar-refractivity contribution in [2.75, 3.05) is 17.4 Å². The number of rotatable bonds is 14. The Kier molecular flexibility index (Phi) is 12.5. The van der Waals surface area contributed by atoms with E-state index in [1.807, 2.05) is 37.3 Å². The molecule has 0 saturated heterocycles. The highest BCUT2D eigenvalue weighted by Crippen LogP contribution is 2.30. The second kappa shape index (κ2) is 16.3. The Labute approximate surface area is 283 Å². The number of anilines is 1. The lowest BCUT2D eigenvalue weighted by atomic mass is 10.0. The number of halogens is 4. The van der Waals surface area contributed by atoms with Crippen molar-refractivity contribution in [3.8, 4) is 0 Å². The van der Waals surface area contributed by atoms with Gasteiger partial charge in [-0.3, -0.25) is 13.9 Å². The first-order valence-electron chi connectivity index (χ1n) is 14.6. The van der Waals surface area contributed by atoms with Gasteiger partial charge in [-0.2, -0.15) is 0 Å². The van der Waals surface area contributed by atoms with Gasteiger partial charge < -0.3 is 10.2 Å². The number of benzene rings is 4.